The minimum atomic E-state index is -0.663. The van der Waals surface area contributed by atoms with Gasteiger partial charge in [0.1, 0.15) is 11.4 Å². The predicted molar refractivity (Wildman–Crippen MR) is 120 cm³/mol. The first-order valence-corrected chi connectivity index (χ1v) is 9.67. The summed E-state index contributed by atoms with van der Waals surface area (Å²) in [7, 11) is 3.13. The number of hydrogen-bond acceptors (Lipinski definition) is 5. The number of para-hydroxylation sites is 1. The second-order valence-electron chi connectivity index (χ2n) is 7.97. The van der Waals surface area contributed by atoms with Gasteiger partial charge in [0, 0.05) is 24.2 Å². The maximum Gasteiger partial charge on any atom is 0.412 e. The number of benzene rings is 2. The molecule has 8 heteroatoms. The fourth-order valence-electron chi connectivity index (χ4n) is 3.09. The smallest absolute Gasteiger partial charge is 0.412 e. The lowest BCUT2D eigenvalue weighted by Gasteiger charge is -2.20. The van der Waals surface area contributed by atoms with Gasteiger partial charge in [-0.2, -0.15) is 0 Å². The van der Waals surface area contributed by atoms with E-state index in [2.05, 4.69) is 10.6 Å². The Balaban J connectivity index is 1.91. The van der Waals surface area contributed by atoms with Crippen LogP contribution in [0.2, 0.25) is 0 Å². The summed E-state index contributed by atoms with van der Waals surface area (Å²) in [5.41, 5.74) is 0.721. The van der Waals surface area contributed by atoms with Crippen molar-refractivity contribution in [3.8, 4) is 5.75 Å². The van der Waals surface area contributed by atoms with Crippen LogP contribution >= 0.6 is 0 Å². The maximum atomic E-state index is 13.0. The van der Waals surface area contributed by atoms with Gasteiger partial charge in [-0.25, -0.2) is 4.79 Å². The molecule has 1 aromatic heterocycles. The molecule has 0 bridgehead atoms. The van der Waals surface area contributed by atoms with Crippen LogP contribution in [0.4, 0.5) is 16.2 Å². The molecule has 0 aliphatic heterocycles. The van der Waals surface area contributed by atoms with Crippen LogP contribution in [0.25, 0.3) is 10.9 Å². The van der Waals surface area contributed by atoms with Gasteiger partial charge in [-0.05, 0) is 45.0 Å². The average molecular weight is 423 g/mol. The number of aromatic nitrogens is 1. The molecule has 0 unspecified atom stereocenters. The fraction of sp³-hybridized carbons (Fsp3) is 0.261. The van der Waals surface area contributed by atoms with Crippen LogP contribution in [0.5, 0.6) is 5.75 Å². The molecule has 31 heavy (non-hydrogen) atoms. The summed E-state index contributed by atoms with van der Waals surface area (Å²) in [6, 6.07) is 13.3. The Bertz CT molecular complexity index is 1210. The number of amides is 2. The number of carbonyl (C=O) groups excluding carboxylic acids is 2. The van der Waals surface area contributed by atoms with Crippen molar-refractivity contribution in [1.82, 2.24) is 4.57 Å². The maximum absolute atomic E-state index is 13.0. The number of methoxy groups -OCH3 is 1. The normalized spacial score (nSPS) is 11.1. The lowest BCUT2D eigenvalue weighted by molar-refractivity contribution is 0.0635. The van der Waals surface area contributed by atoms with E-state index in [4.69, 9.17) is 9.47 Å². The lowest BCUT2D eigenvalue weighted by atomic mass is 10.1. The van der Waals surface area contributed by atoms with Crippen LogP contribution in [0.15, 0.2) is 53.3 Å². The minimum absolute atomic E-state index is 0.260. The second kappa shape index (κ2) is 8.51. The predicted octanol–water partition coefficient (Wildman–Crippen LogP) is 4.15. The Morgan fingerprint density at radius 3 is 2.39 bits per heavy atom. The largest absolute Gasteiger partial charge is 0.495 e. The number of rotatable bonds is 4. The minimum Gasteiger partial charge on any atom is -0.495 e. The first kappa shape index (κ1) is 21.9. The molecule has 0 atom stereocenters. The molecule has 0 aliphatic carbocycles. The first-order chi connectivity index (χ1) is 14.6. The molecule has 0 aliphatic rings. The quantitative estimate of drug-likeness (QED) is 0.657. The van der Waals surface area contributed by atoms with E-state index in [1.165, 1.54) is 17.7 Å². The monoisotopic (exact) mass is 423 g/mol. The van der Waals surface area contributed by atoms with Crippen LogP contribution in [0.3, 0.4) is 0 Å². The SMILES string of the molecule is COc1ccc(NC(=O)c2cc(=O)n(C)c3ccccc23)cc1NC(=O)OC(C)(C)C. The van der Waals surface area contributed by atoms with Gasteiger partial charge >= 0.3 is 6.09 Å². The van der Waals surface area contributed by atoms with Crippen molar-refractivity contribution in [2.45, 2.75) is 26.4 Å². The van der Waals surface area contributed by atoms with Gasteiger partial charge in [0.05, 0.1) is 23.9 Å². The second-order valence-corrected chi connectivity index (χ2v) is 7.97. The lowest BCUT2D eigenvalue weighted by Crippen LogP contribution is -2.27. The molecule has 3 aromatic rings. The number of nitrogens with one attached hydrogen (secondary N) is 2. The molecule has 8 nitrogen and oxygen atoms in total. The zero-order valence-electron chi connectivity index (χ0n) is 18.1. The van der Waals surface area contributed by atoms with Crippen LogP contribution in [0, 0.1) is 0 Å². The van der Waals surface area contributed by atoms with Crippen molar-refractivity contribution in [1.29, 1.82) is 0 Å². The number of hydrogen-bond donors (Lipinski definition) is 2. The van der Waals surface area contributed by atoms with Crippen LogP contribution in [0.1, 0.15) is 31.1 Å². The average Bonchev–Trinajstić information content (AvgIpc) is 2.69. The molecular formula is C23H25N3O5. The van der Waals surface area contributed by atoms with Gasteiger partial charge in [-0.1, -0.05) is 18.2 Å². The van der Waals surface area contributed by atoms with Crippen molar-refractivity contribution in [2.75, 3.05) is 17.7 Å². The van der Waals surface area contributed by atoms with E-state index in [1.54, 1.807) is 64.2 Å². The van der Waals surface area contributed by atoms with E-state index in [1.807, 2.05) is 6.07 Å². The van der Waals surface area contributed by atoms with Crippen molar-refractivity contribution >= 4 is 34.3 Å². The van der Waals surface area contributed by atoms with Gasteiger partial charge in [0.2, 0.25) is 0 Å². The zero-order valence-corrected chi connectivity index (χ0v) is 18.1. The van der Waals surface area contributed by atoms with E-state index >= 15 is 0 Å². The van der Waals surface area contributed by atoms with Crippen molar-refractivity contribution < 1.29 is 19.1 Å². The van der Waals surface area contributed by atoms with E-state index in [0.717, 1.165) is 0 Å². The Hall–Kier alpha value is -3.81. The molecule has 0 radical (unpaired) electrons. The third-order valence-corrected chi connectivity index (χ3v) is 4.49. The summed E-state index contributed by atoms with van der Waals surface area (Å²) < 4.78 is 12.0. The number of carbonyl (C=O) groups is 2. The van der Waals surface area contributed by atoms with Gasteiger partial charge < -0.3 is 19.4 Å². The van der Waals surface area contributed by atoms with Crippen molar-refractivity contribution in [3.63, 3.8) is 0 Å². The molecule has 3 rings (SSSR count). The summed E-state index contributed by atoms with van der Waals surface area (Å²) in [6.45, 7) is 5.28. The fourth-order valence-corrected chi connectivity index (χ4v) is 3.09. The zero-order chi connectivity index (χ0) is 22.8. The first-order valence-electron chi connectivity index (χ1n) is 9.67. The van der Waals surface area contributed by atoms with E-state index in [-0.39, 0.29) is 11.1 Å². The van der Waals surface area contributed by atoms with Gasteiger partial charge in [0.15, 0.2) is 0 Å². The molecule has 162 valence electrons. The van der Waals surface area contributed by atoms with Crippen LogP contribution in [-0.2, 0) is 11.8 Å². The van der Waals surface area contributed by atoms with E-state index in [9.17, 15) is 14.4 Å². The molecule has 1 heterocycles. The molecular weight excluding hydrogens is 398 g/mol. The third kappa shape index (κ3) is 5.03. The molecule has 0 saturated carbocycles. The van der Waals surface area contributed by atoms with Gasteiger partial charge in [0.25, 0.3) is 11.5 Å². The molecule has 2 aromatic carbocycles. The van der Waals surface area contributed by atoms with Crippen LogP contribution in [-0.4, -0.2) is 29.3 Å². The highest BCUT2D eigenvalue weighted by molar-refractivity contribution is 6.12. The molecule has 2 N–H and O–H groups in total. The summed E-state index contributed by atoms with van der Waals surface area (Å²) in [5.74, 6) is -0.0369. The number of aryl methyl sites for hydroxylation is 1. The van der Waals surface area contributed by atoms with Crippen LogP contribution < -0.4 is 20.9 Å². The number of ether oxygens (including phenoxy) is 2. The Labute approximate surface area is 179 Å². The molecule has 0 saturated heterocycles. The summed E-state index contributed by atoms with van der Waals surface area (Å²) in [4.78, 5) is 37.4. The number of fused-ring (bicyclic) bond motifs is 1. The topological polar surface area (TPSA) is 98.7 Å². The molecule has 0 fully saturated rings. The van der Waals surface area contributed by atoms with Crippen molar-refractivity contribution in [3.05, 3.63) is 64.4 Å². The highest BCUT2D eigenvalue weighted by atomic mass is 16.6. The van der Waals surface area contributed by atoms with E-state index < -0.39 is 17.6 Å². The standard InChI is InChI=1S/C23H25N3O5/c1-23(2,3)31-22(29)25-17-12-14(10-11-19(17)30-5)24-21(28)16-13-20(27)26(4)18-9-7-6-8-15(16)18/h6-13H,1-5H3,(H,24,28)(H,25,29). The van der Waals surface area contributed by atoms with Gasteiger partial charge in [-0.15, -0.1) is 0 Å². The summed E-state index contributed by atoms with van der Waals surface area (Å²) in [6.07, 6.45) is -0.646. The Kier molecular flexibility index (Phi) is 6.01. The highest BCUT2D eigenvalue weighted by Crippen LogP contribution is 2.29. The molecule has 2 amide bonds. The molecule has 0 spiro atoms. The Morgan fingerprint density at radius 1 is 1.00 bits per heavy atom. The third-order valence-electron chi connectivity index (χ3n) is 4.49. The summed E-state index contributed by atoms with van der Waals surface area (Å²) >= 11 is 0. The van der Waals surface area contributed by atoms with E-state index in [0.29, 0.717) is 28.0 Å². The van der Waals surface area contributed by atoms with Crippen molar-refractivity contribution in [2.24, 2.45) is 7.05 Å². The summed E-state index contributed by atoms with van der Waals surface area (Å²) in [5, 5.41) is 6.06. The highest BCUT2D eigenvalue weighted by Gasteiger charge is 2.19. The number of nitrogens with zero attached hydrogens (tertiary/aromatic N) is 1. The Morgan fingerprint density at radius 2 is 1.71 bits per heavy atom. The number of pyridine rings is 1. The number of anilines is 2. The van der Waals surface area contributed by atoms with Gasteiger partial charge in [-0.3, -0.25) is 14.9 Å².